The molecule has 0 heterocycles. The minimum Gasteiger partial charge on any atom is -0.480 e. The van der Waals surface area contributed by atoms with Crippen LogP contribution in [0.4, 0.5) is 4.79 Å². The maximum Gasteiger partial charge on any atom is 0.408 e. The molecular formula is C11H23NO5. The average Bonchev–Trinajstić information content (AvgIpc) is 2.32. The fraction of sp³-hybridized carbons (Fsp3) is 0.818. The SMILES string of the molecule is O.[2H]CC([2H])(C([2H])([2H])[2H])C([2H])([2H])[C@]([2H])(NC(=O)OC(C)(C)C)C(=O)O. The lowest BCUT2D eigenvalue weighted by Gasteiger charge is -2.22. The zero-order valence-corrected chi connectivity index (χ0v) is 9.88. The quantitative estimate of drug-likeness (QED) is 0.788. The number of carbonyl (C=O) groups excluding carboxylic acids is 1. The van der Waals surface area contributed by atoms with Gasteiger partial charge in [0.05, 0.1) is 1.37 Å². The van der Waals surface area contributed by atoms with Gasteiger partial charge in [0.2, 0.25) is 0 Å². The first kappa shape index (κ1) is 7.20. The van der Waals surface area contributed by atoms with Gasteiger partial charge >= 0.3 is 12.1 Å². The minimum atomic E-state index is -3.66. The van der Waals surface area contributed by atoms with Crippen molar-refractivity contribution in [2.24, 2.45) is 5.89 Å². The summed E-state index contributed by atoms with van der Waals surface area (Å²) in [5.74, 6) is -5.51. The molecule has 2 atom stereocenters. The van der Waals surface area contributed by atoms with Gasteiger partial charge in [-0.2, -0.15) is 0 Å². The van der Waals surface area contributed by atoms with Gasteiger partial charge in [0.1, 0.15) is 11.6 Å². The van der Waals surface area contributed by atoms with Crippen LogP contribution in [0.1, 0.15) is 51.9 Å². The predicted molar refractivity (Wildman–Crippen MR) is 63.9 cm³/mol. The third-order valence-electron chi connectivity index (χ3n) is 1.12. The van der Waals surface area contributed by atoms with E-state index >= 15 is 0 Å². The van der Waals surface area contributed by atoms with E-state index in [-0.39, 0.29) is 5.48 Å². The first-order valence-corrected chi connectivity index (χ1v) is 4.39. The highest BCUT2D eigenvalue weighted by atomic mass is 16.6. The molecule has 0 fully saturated rings. The van der Waals surface area contributed by atoms with Gasteiger partial charge in [0.25, 0.3) is 0 Å². The Morgan fingerprint density at radius 3 is 2.53 bits per heavy atom. The molecule has 0 radical (unpaired) electrons. The predicted octanol–water partition coefficient (Wildman–Crippen LogP) is 1.19. The van der Waals surface area contributed by atoms with E-state index in [2.05, 4.69) is 0 Å². The maximum atomic E-state index is 11.8. The molecule has 1 unspecified atom stereocenters. The first-order chi connectivity index (χ1) is 10.4. The van der Waals surface area contributed by atoms with Crippen LogP contribution in [0.3, 0.4) is 0 Å². The second-order valence-corrected chi connectivity index (χ2v) is 3.91. The van der Waals surface area contributed by atoms with Crippen LogP contribution in [-0.2, 0) is 9.53 Å². The highest BCUT2D eigenvalue weighted by molar-refractivity contribution is 5.79. The van der Waals surface area contributed by atoms with Crippen LogP contribution in [0.5, 0.6) is 0 Å². The molecule has 0 aromatic rings. The van der Waals surface area contributed by atoms with Crippen LogP contribution in [0.2, 0.25) is 0 Å². The molecule has 1 amide bonds. The highest BCUT2D eigenvalue weighted by Crippen LogP contribution is 2.09. The Balaban J connectivity index is 0. The second-order valence-electron chi connectivity index (χ2n) is 3.91. The first-order valence-electron chi connectivity index (χ1n) is 8.60. The van der Waals surface area contributed by atoms with Crippen molar-refractivity contribution >= 4 is 12.1 Å². The number of carbonyl (C=O) groups is 2. The van der Waals surface area contributed by atoms with E-state index in [1.54, 1.807) is 0 Å². The summed E-state index contributed by atoms with van der Waals surface area (Å²) < 4.78 is 65.0. The van der Waals surface area contributed by atoms with Crippen LogP contribution in [-0.4, -0.2) is 34.3 Å². The summed E-state index contributed by atoms with van der Waals surface area (Å²) in [6, 6.07) is -3.56. The number of carboxylic acids is 1. The highest BCUT2D eigenvalue weighted by Gasteiger charge is 2.24. The van der Waals surface area contributed by atoms with Crippen molar-refractivity contribution in [2.45, 2.75) is 52.5 Å². The molecule has 17 heavy (non-hydrogen) atoms. The Hall–Kier alpha value is -1.30. The molecule has 4 N–H and O–H groups in total. The van der Waals surface area contributed by atoms with Crippen molar-refractivity contribution in [1.29, 1.82) is 0 Å². The third-order valence-corrected chi connectivity index (χ3v) is 1.12. The van der Waals surface area contributed by atoms with Gasteiger partial charge in [-0.15, -0.1) is 0 Å². The van der Waals surface area contributed by atoms with Gasteiger partial charge in [0.15, 0.2) is 0 Å². The van der Waals surface area contributed by atoms with Gasteiger partial charge in [-0.05, 0) is 33.0 Å². The number of hydrogen-bond donors (Lipinski definition) is 2. The molecule has 6 nitrogen and oxygen atoms in total. The molecule has 0 aliphatic rings. The number of aliphatic carboxylic acids is 1. The smallest absolute Gasteiger partial charge is 0.408 e. The summed E-state index contributed by atoms with van der Waals surface area (Å²) in [6.45, 7) is -0.464. The van der Waals surface area contributed by atoms with E-state index in [1.807, 2.05) is 0 Å². The molecule has 0 aromatic heterocycles. The van der Waals surface area contributed by atoms with Crippen LogP contribution in [0, 0.1) is 5.89 Å². The monoisotopic (exact) mass is 257 g/mol. The Bertz CT molecular complexity index is 506. The van der Waals surface area contributed by atoms with Gasteiger partial charge in [-0.25, -0.2) is 9.59 Å². The summed E-state index contributed by atoms with van der Waals surface area (Å²) >= 11 is 0. The normalized spacial score (nSPS) is 26.3. The van der Waals surface area contributed by atoms with E-state index in [0.717, 1.165) is 0 Å². The van der Waals surface area contributed by atoms with Crippen molar-refractivity contribution in [1.82, 2.24) is 5.32 Å². The fourth-order valence-corrected chi connectivity index (χ4v) is 0.695. The second kappa shape index (κ2) is 7.11. The largest absolute Gasteiger partial charge is 0.480 e. The van der Waals surface area contributed by atoms with E-state index in [9.17, 15) is 14.7 Å². The molecule has 0 aliphatic heterocycles. The average molecular weight is 257 g/mol. The molecule has 6 heteroatoms. The zero-order valence-electron chi connectivity index (χ0n) is 17.9. The van der Waals surface area contributed by atoms with E-state index in [4.69, 9.17) is 15.7 Å². The maximum absolute atomic E-state index is 11.8. The van der Waals surface area contributed by atoms with Crippen molar-refractivity contribution in [3.63, 3.8) is 0 Å². The lowest BCUT2D eigenvalue weighted by atomic mass is 10.0. The van der Waals surface area contributed by atoms with Crippen LogP contribution in [0.15, 0.2) is 0 Å². The topological polar surface area (TPSA) is 107 Å². The number of nitrogens with one attached hydrogen (secondary N) is 1. The molecule has 102 valence electrons. The molecule has 0 spiro atoms. The van der Waals surface area contributed by atoms with Crippen molar-refractivity contribution in [3.05, 3.63) is 0 Å². The Kier molecular flexibility index (Phi) is 3.01. The summed E-state index contributed by atoms with van der Waals surface area (Å²) in [5.41, 5.74) is -1.09. The Morgan fingerprint density at radius 1 is 1.59 bits per heavy atom. The summed E-state index contributed by atoms with van der Waals surface area (Å²) in [4.78, 5) is 23.2. The molecule has 0 aliphatic carbocycles. The molecule has 0 aromatic carbocycles. The van der Waals surface area contributed by atoms with Gasteiger partial charge in [-0.1, -0.05) is 13.8 Å². The fourth-order valence-electron chi connectivity index (χ4n) is 0.695. The number of ether oxygens (including phenoxy) is 1. The lowest BCUT2D eigenvalue weighted by molar-refractivity contribution is -0.139. The van der Waals surface area contributed by atoms with Crippen molar-refractivity contribution < 1.29 is 35.9 Å². The number of carboxylic acid groups (broad SMARTS) is 1. The van der Waals surface area contributed by atoms with Crippen LogP contribution >= 0.6 is 0 Å². The lowest BCUT2D eigenvalue weighted by Crippen LogP contribution is -2.44. The number of amides is 1. The van der Waals surface area contributed by atoms with E-state index in [0.29, 0.717) is 0 Å². The van der Waals surface area contributed by atoms with Crippen molar-refractivity contribution in [2.75, 3.05) is 0 Å². The van der Waals surface area contributed by atoms with Gasteiger partial charge in [-0.3, -0.25) is 0 Å². The molecule has 0 rings (SSSR count). The Labute approximate surface area is 113 Å². The van der Waals surface area contributed by atoms with Crippen molar-refractivity contribution in [3.8, 4) is 0 Å². The zero-order chi connectivity index (χ0) is 19.8. The van der Waals surface area contributed by atoms with Gasteiger partial charge < -0.3 is 20.6 Å². The Morgan fingerprint density at radius 2 is 2.18 bits per heavy atom. The van der Waals surface area contributed by atoms with E-state index < -0.39 is 49.7 Å². The van der Waals surface area contributed by atoms with Gasteiger partial charge in [0, 0.05) is 9.60 Å². The van der Waals surface area contributed by atoms with Crippen LogP contribution < -0.4 is 5.32 Å². The number of rotatable bonds is 4. The number of alkyl carbamates (subject to hydrolysis) is 1. The van der Waals surface area contributed by atoms with E-state index in [1.165, 1.54) is 26.1 Å². The molecule has 0 saturated heterocycles. The summed E-state index contributed by atoms with van der Waals surface area (Å²) in [7, 11) is 0. The molecule has 0 saturated carbocycles. The molecular weight excluding hydrogens is 226 g/mol. The van der Waals surface area contributed by atoms with Crippen LogP contribution in [0.25, 0.3) is 0 Å². The standard InChI is InChI=1S/C11H21NO4.H2O/c1-7(2)6-8(9(13)14)12-10(15)16-11(3,4)5;/h7-8H,6H2,1-5H3,(H,12,15)(H,13,14);1H2/t8-;/m0./s1/i1D,2D3,6D2,7D,8D;/t7?,8-;. The minimum absolute atomic E-state index is 0. The number of hydrogen-bond acceptors (Lipinski definition) is 3. The third kappa shape index (κ3) is 9.62. The summed E-state index contributed by atoms with van der Waals surface area (Å²) in [6.07, 6.45) is -5.13. The molecule has 0 bridgehead atoms. The summed E-state index contributed by atoms with van der Waals surface area (Å²) in [5, 5.41) is 10.7.